The lowest BCUT2D eigenvalue weighted by molar-refractivity contribution is -0.122. The van der Waals surface area contributed by atoms with Gasteiger partial charge in [0.05, 0.1) is 0 Å². The molecule has 8 nitrogen and oxygen atoms in total. The standard InChI is InChI=1S/C25H34N4O4S/c1-18(2)16-21(29(17-30)20-12-8-5-9-13-20)22(31)23-26-27-25(33-23)34-15-14-28(3)24(32)19-10-6-4-7-11-19/h4,6-7,10-11,17-18,20-21H,5,8-9,12-16H2,1-3H3/t21-/m0/s1. The minimum Gasteiger partial charge on any atom is -0.408 e. The molecule has 1 heterocycles. The van der Waals surface area contributed by atoms with Gasteiger partial charge in [0.15, 0.2) is 0 Å². The van der Waals surface area contributed by atoms with Gasteiger partial charge in [-0.3, -0.25) is 14.4 Å². The van der Waals surface area contributed by atoms with Gasteiger partial charge >= 0.3 is 0 Å². The Hall–Kier alpha value is -2.68. The summed E-state index contributed by atoms with van der Waals surface area (Å²) in [6, 6.07) is 8.58. The van der Waals surface area contributed by atoms with E-state index in [0.29, 0.717) is 24.3 Å². The van der Waals surface area contributed by atoms with Crippen molar-refractivity contribution >= 4 is 29.9 Å². The van der Waals surface area contributed by atoms with Crippen LogP contribution in [-0.2, 0) is 4.79 Å². The van der Waals surface area contributed by atoms with Crippen molar-refractivity contribution in [2.45, 2.75) is 69.7 Å². The minimum absolute atomic E-state index is 0.0595. The summed E-state index contributed by atoms with van der Waals surface area (Å²) >= 11 is 1.30. The predicted octanol–water partition coefficient (Wildman–Crippen LogP) is 4.32. The number of ketones is 1. The first-order chi connectivity index (χ1) is 16.4. The van der Waals surface area contributed by atoms with E-state index in [2.05, 4.69) is 10.2 Å². The van der Waals surface area contributed by atoms with E-state index in [0.717, 1.165) is 32.1 Å². The number of benzene rings is 1. The number of hydrogen-bond donors (Lipinski definition) is 0. The van der Waals surface area contributed by atoms with Crippen LogP contribution in [0.2, 0.25) is 0 Å². The van der Waals surface area contributed by atoms with Gasteiger partial charge in [0, 0.05) is 31.0 Å². The molecule has 0 unspecified atom stereocenters. The van der Waals surface area contributed by atoms with Crippen LogP contribution in [-0.4, -0.2) is 69.5 Å². The first kappa shape index (κ1) is 25.9. The molecule has 1 atom stereocenters. The maximum absolute atomic E-state index is 13.3. The maximum Gasteiger partial charge on any atom is 0.286 e. The second kappa shape index (κ2) is 12.7. The fraction of sp³-hybridized carbons (Fsp3) is 0.560. The number of rotatable bonds is 12. The summed E-state index contributed by atoms with van der Waals surface area (Å²) in [7, 11) is 1.74. The Balaban J connectivity index is 1.60. The van der Waals surface area contributed by atoms with E-state index in [1.54, 1.807) is 29.0 Å². The zero-order valence-corrected chi connectivity index (χ0v) is 21.0. The molecule has 1 fully saturated rings. The average Bonchev–Trinajstić information content (AvgIpc) is 3.33. The zero-order valence-electron chi connectivity index (χ0n) is 20.2. The zero-order chi connectivity index (χ0) is 24.5. The van der Waals surface area contributed by atoms with Crippen LogP contribution < -0.4 is 0 Å². The van der Waals surface area contributed by atoms with Crippen molar-refractivity contribution in [1.29, 1.82) is 0 Å². The van der Waals surface area contributed by atoms with Gasteiger partial charge in [0.2, 0.25) is 12.2 Å². The summed E-state index contributed by atoms with van der Waals surface area (Å²) in [5.74, 6) is 0.347. The molecule has 34 heavy (non-hydrogen) atoms. The molecule has 0 radical (unpaired) electrons. The van der Waals surface area contributed by atoms with E-state index in [9.17, 15) is 14.4 Å². The fourth-order valence-electron chi connectivity index (χ4n) is 4.29. The highest BCUT2D eigenvalue weighted by Crippen LogP contribution is 2.27. The molecule has 1 aliphatic carbocycles. The molecule has 1 saturated carbocycles. The number of carbonyl (C=O) groups is 3. The van der Waals surface area contributed by atoms with Gasteiger partial charge in [0.25, 0.3) is 17.0 Å². The van der Waals surface area contributed by atoms with Crippen LogP contribution in [0, 0.1) is 5.92 Å². The molecule has 1 aromatic heterocycles. The van der Waals surface area contributed by atoms with Gasteiger partial charge in [-0.1, -0.05) is 63.1 Å². The molecule has 0 saturated heterocycles. The van der Waals surface area contributed by atoms with Crippen molar-refractivity contribution in [2.75, 3.05) is 19.3 Å². The molecule has 2 aromatic rings. The summed E-state index contributed by atoms with van der Waals surface area (Å²) in [6.45, 7) is 4.56. The first-order valence-corrected chi connectivity index (χ1v) is 12.9. The van der Waals surface area contributed by atoms with E-state index in [4.69, 9.17) is 4.42 Å². The highest BCUT2D eigenvalue weighted by atomic mass is 32.2. The number of hydrogen-bond acceptors (Lipinski definition) is 7. The molecule has 1 aliphatic rings. The number of Topliss-reactive ketones (excluding diaryl/α,β-unsaturated/α-hetero) is 1. The second-order valence-corrected chi connectivity index (χ2v) is 10.2. The Morgan fingerprint density at radius 3 is 2.50 bits per heavy atom. The van der Waals surface area contributed by atoms with E-state index < -0.39 is 6.04 Å². The number of carbonyl (C=O) groups excluding carboxylic acids is 3. The van der Waals surface area contributed by atoms with Crippen LogP contribution in [0.4, 0.5) is 0 Å². The van der Waals surface area contributed by atoms with Crippen molar-refractivity contribution in [3.05, 3.63) is 41.8 Å². The molecule has 3 rings (SSSR count). The molecule has 1 aromatic carbocycles. The molecule has 0 aliphatic heterocycles. The van der Waals surface area contributed by atoms with E-state index in [1.165, 1.54) is 18.2 Å². The van der Waals surface area contributed by atoms with Gasteiger partial charge in [-0.2, -0.15) is 0 Å². The molecular weight excluding hydrogens is 452 g/mol. The number of amides is 2. The third-order valence-electron chi connectivity index (χ3n) is 6.11. The van der Waals surface area contributed by atoms with Crippen LogP contribution in [0.5, 0.6) is 0 Å². The van der Waals surface area contributed by atoms with E-state index in [1.807, 2.05) is 32.0 Å². The van der Waals surface area contributed by atoms with Gasteiger partial charge in [-0.15, -0.1) is 10.2 Å². The first-order valence-electron chi connectivity index (χ1n) is 11.9. The lowest BCUT2D eigenvalue weighted by atomic mass is 9.91. The molecule has 184 valence electrons. The van der Waals surface area contributed by atoms with Gasteiger partial charge in [-0.05, 0) is 37.3 Å². The van der Waals surface area contributed by atoms with Crippen molar-refractivity contribution < 1.29 is 18.8 Å². The molecular formula is C25H34N4O4S. The average molecular weight is 487 g/mol. The lowest BCUT2D eigenvalue weighted by Gasteiger charge is -2.36. The van der Waals surface area contributed by atoms with E-state index >= 15 is 0 Å². The summed E-state index contributed by atoms with van der Waals surface area (Å²) in [6.07, 6.45) is 6.50. The number of nitrogens with zero attached hydrogens (tertiary/aromatic N) is 4. The summed E-state index contributed by atoms with van der Waals surface area (Å²) in [4.78, 5) is 41.1. The van der Waals surface area contributed by atoms with Crippen molar-refractivity contribution in [2.24, 2.45) is 5.92 Å². The lowest BCUT2D eigenvalue weighted by Crippen LogP contribution is -2.48. The van der Waals surface area contributed by atoms with Crippen LogP contribution in [0.3, 0.4) is 0 Å². The second-order valence-electron chi connectivity index (χ2n) is 9.17. The Morgan fingerprint density at radius 1 is 1.15 bits per heavy atom. The van der Waals surface area contributed by atoms with Crippen LogP contribution in [0.1, 0.15) is 73.4 Å². The topological polar surface area (TPSA) is 96.6 Å². The third-order valence-corrected chi connectivity index (χ3v) is 6.91. The smallest absolute Gasteiger partial charge is 0.286 e. The minimum atomic E-state index is -0.603. The van der Waals surface area contributed by atoms with Crippen LogP contribution >= 0.6 is 11.8 Å². The monoisotopic (exact) mass is 486 g/mol. The Kier molecular flexibility index (Phi) is 9.68. The highest BCUT2D eigenvalue weighted by Gasteiger charge is 2.35. The summed E-state index contributed by atoms with van der Waals surface area (Å²) in [5, 5.41) is 8.27. The molecule has 0 N–H and O–H groups in total. The molecule has 0 bridgehead atoms. The largest absolute Gasteiger partial charge is 0.408 e. The van der Waals surface area contributed by atoms with Crippen LogP contribution in [0.15, 0.2) is 40.0 Å². The maximum atomic E-state index is 13.3. The number of thioether (sulfide) groups is 1. The highest BCUT2D eigenvalue weighted by molar-refractivity contribution is 7.99. The summed E-state index contributed by atoms with van der Waals surface area (Å²) in [5.41, 5.74) is 0.634. The SMILES string of the molecule is CC(C)C[C@@H](C(=O)c1nnc(SCCN(C)C(=O)c2ccccc2)o1)N(C=O)C1CCCCC1. The Morgan fingerprint density at radius 2 is 1.85 bits per heavy atom. The fourth-order valence-corrected chi connectivity index (χ4v) is 5.06. The van der Waals surface area contributed by atoms with Crippen LogP contribution in [0.25, 0.3) is 0 Å². The Labute approximate surface area is 205 Å². The summed E-state index contributed by atoms with van der Waals surface area (Å²) < 4.78 is 5.66. The number of aromatic nitrogens is 2. The van der Waals surface area contributed by atoms with Gasteiger partial charge in [0.1, 0.15) is 6.04 Å². The molecule has 0 spiro atoms. The quantitative estimate of drug-likeness (QED) is 0.250. The molecule has 9 heteroatoms. The Bertz CT molecular complexity index is 943. The van der Waals surface area contributed by atoms with Crippen molar-refractivity contribution in [1.82, 2.24) is 20.0 Å². The van der Waals surface area contributed by atoms with Crippen molar-refractivity contribution in [3.8, 4) is 0 Å². The predicted molar refractivity (Wildman–Crippen MR) is 131 cm³/mol. The van der Waals surface area contributed by atoms with E-state index in [-0.39, 0.29) is 34.8 Å². The molecule has 2 amide bonds. The normalized spacial score (nSPS) is 15.2. The van der Waals surface area contributed by atoms with Crippen molar-refractivity contribution in [3.63, 3.8) is 0 Å². The third kappa shape index (κ3) is 6.91. The van der Waals surface area contributed by atoms with Gasteiger partial charge < -0.3 is 14.2 Å². The van der Waals surface area contributed by atoms with Gasteiger partial charge in [-0.25, -0.2) is 0 Å².